The van der Waals surface area contributed by atoms with Gasteiger partial charge >= 0.3 is 0 Å². The lowest BCUT2D eigenvalue weighted by Crippen LogP contribution is -1.87. The van der Waals surface area contributed by atoms with E-state index in [0.717, 1.165) is 21.1 Å². The van der Waals surface area contributed by atoms with E-state index >= 15 is 0 Å². The Kier molecular flexibility index (Phi) is 4.25. The Balaban J connectivity index is 2.37. The Hall–Kier alpha value is -1.23. The van der Waals surface area contributed by atoms with E-state index in [4.69, 9.17) is 0 Å². The van der Waals surface area contributed by atoms with Crippen molar-refractivity contribution in [2.45, 2.75) is 6.42 Å². The minimum atomic E-state index is -0.302. The highest BCUT2D eigenvalue weighted by Crippen LogP contribution is 2.21. The van der Waals surface area contributed by atoms with Crippen LogP contribution in [0, 0.1) is 5.82 Å². The molecule has 0 N–H and O–H groups in total. The summed E-state index contributed by atoms with van der Waals surface area (Å²) in [5.41, 5.74) is 1.89. The van der Waals surface area contributed by atoms with E-state index in [0.29, 0.717) is 0 Å². The maximum Gasteiger partial charge on any atom is 0.142 e. The van der Waals surface area contributed by atoms with Gasteiger partial charge in [-0.2, -0.15) is 0 Å². The van der Waals surface area contributed by atoms with Crippen molar-refractivity contribution in [3.63, 3.8) is 0 Å². The lowest BCUT2D eigenvalue weighted by Gasteiger charge is -2.03. The Morgan fingerprint density at radius 1 is 1.18 bits per heavy atom. The van der Waals surface area contributed by atoms with E-state index in [1.807, 2.05) is 30.4 Å². The highest BCUT2D eigenvalue weighted by Gasteiger charge is 2.02. The predicted octanol–water partition coefficient (Wildman–Crippen LogP) is 4.44. The van der Waals surface area contributed by atoms with Crippen molar-refractivity contribution >= 4 is 28.2 Å². The fraction of sp³-hybridized carbons (Fsp3) is 0.0714. The first kappa shape index (κ1) is 12.2. The molecular weight excluding hydrogens is 328 g/mol. The summed E-state index contributed by atoms with van der Waals surface area (Å²) in [6, 6.07) is 1.51. The highest BCUT2D eigenvalue weighted by atomic mass is 127. The van der Waals surface area contributed by atoms with Gasteiger partial charge in [0.05, 0.1) is 6.20 Å². The molecule has 1 aliphatic carbocycles. The SMILES string of the molecule is Fc1cncc(/C2=C/C=C(I)\C=C/C=C\C2)c1. The summed E-state index contributed by atoms with van der Waals surface area (Å²) in [5.74, 6) is -0.302. The van der Waals surface area contributed by atoms with Crippen molar-refractivity contribution < 1.29 is 4.39 Å². The molecule has 3 heteroatoms. The van der Waals surface area contributed by atoms with Gasteiger partial charge in [0.25, 0.3) is 0 Å². The standard InChI is InChI=1S/C14H11FIN/c15-13-8-12(9-17-10-13)11-4-2-1-3-5-14(16)7-6-11/h1-3,5-10H,4H2/b2-1-,5-3-,11-6+,14-7+. The molecule has 0 fully saturated rings. The van der Waals surface area contributed by atoms with Crippen LogP contribution in [0.1, 0.15) is 12.0 Å². The first-order valence-corrected chi connectivity index (χ1v) is 6.34. The van der Waals surface area contributed by atoms with Gasteiger partial charge in [0.2, 0.25) is 0 Å². The van der Waals surface area contributed by atoms with E-state index in [9.17, 15) is 4.39 Å². The van der Waals surface area contributed by atoms with Crippen molar-refractivity contribution in [1.29, 1.82) is 0 Å². The Morgan fingerprint density at radius 3 is 2.88 bits per heavy atom. The summed E-state index contributed by atoms with van der Waals surface area (Å²) in [7, 11) is 0. The summed E-state index contributed by atoms with van der Waals surface area (Å²) < 4.78 is 14.3. The van der Waals surface area contributed by atoms with E-state index < -0.39 is 0 Å². The third kappa shape index (κ3) is 3.63. The molecular formula is C14H11FIN. The summed E-state index contributed by atoms with van der Waals surface area (Å²) in [4.78, 5) is 3.88. The largest absolute Gasteiger partial charge is 0.261 e. The topological polar surface area (TPSA) is 12.9 Å². The number of nitrogens with zero attached hydrogens (tertiary/aromatic N) is 1. The fourth-order valence-corrected chi connectivity index (χ4v) is 1.91. The third-order valence-corrected chi connectivity index (χ3v) is 3.08. The van der Waals surface area contributed by atoms with Gasteiger partial charge in [-0.05, 0) is 58.4 Å². The lowest BCUT2D eigenvalue weighted by atomic mass is 10.0. The molecule has 86 valence electrons. The molecule has 1 nitrogen and oxygen atoms in total. The molecule has 0 aliphatic heterocycles. The quantitative estimate of drug-likeness (QED) is 0.690. The van der Waals surface area contributed by atoms with Crippen molar-refractivity contribution in [2.24, 2.45) is 0 Å². The van der Waals surface area contributed by atoms with Gasteiger partial charge in [-0.25, -0.2) is 4.39 Å². The van der Waals surface area contributed by atoms with E-state index in [-0.39, 0.29) is 5.82 Å². The van der Waals surface area contributed by atoms with E-state index in [1.165, 1.54) is 12.3 Å². The number of hydrogen-bond acceptors (Lipinski definition) is 1. The second-order valence-corrected chi connectivity index (χ2v) is 4.87. The molecule has 0 amide bonds. The van der Waals surface area contributed by atoms with Gasteiger partial charge in [0.15, 0.2) is 0 Å². The van der Waals surface area contributed by atoms with E-state index in [2.05, 4.69) is 33.7 Å². The Bertz CT molecular complexity index is 527. The van der Waals surface area contributed by atoms with Crippen LogP contribution in [0.5, 0.6) is 0 Å². The van der Waals surface area contributed by atoms with Crippen LogP contribution < -0.4 is 0 Å². The third-order valence-electron chi connectivity index (χ3n) is 2.36. The van der Waals surface area contributed by atoms with Crippen molar-refractivity contribution in [2.75, 3.05) is 0 Å². The molecule has 1 aromatic rings. The first-order chi connectivity index (χ1) is 8.25. The average Bonchev–Trinajstić information content (AvgIpc) is 2.42. The van der Waals surface area contributed by atoms with Crippen molar-refractivity contribution in [1.82, 2.24) is 4.98 Å². The number of pyridine rings is 1. The van der Waals surface area contributed by atoms with Crippen LogP contribution in [0.25, 0.3) is 5.57 Å². The highest BCUT2D eigenvalue weighted by molar-refractivity contribution is 14.1. The van der Waals surface area contributed by atoms with Gasteiger partial charge in [-0.15, -0.1) is 0 Å². The summed E-state index contributed by atoms with van der Waals surface area (Å²) in [6.07, 6.45) is 15.8. The molecule has 0 saturated carbocycles. The first-order valence-electron chi connectivity index (χ1n) is 5.26. The van der Waals surface area contributed by atoms with E-state index in [1.54, 1.807) is 6.20 Å². The van der Waals surface area contributed by atoms with Crippen LogP contribution in [-0.4, -0.2) is 4.98 Å². The van der Waals surface area contributed by atoms with Gasteiger partial charge in [-0.3, -0.25) is 4.98 Å². The normalized spacial score (nSPS) is 25.5. The van der Waals surface area contributed by atoms with Crippen molar-refractivity contribution in [3.8, 4) is 0 Å². The second-order valence-electron chi connectivity index (χ2n) is 3.63. The molecule has 0 aromatic carbocycles. The van der Waals surface area contributed by atoms with Gasteiger partial charge in [0, 0.05) is 9.78 Å². The maximum atomic E-state index is 13.1. The van der Waals surface area contributed by atoms with Gasteiger partial charge in [-0.1, -0.05) is 24.3 Å². The molecule has 0 spiro atoms. The molecule has 2 rings (SSSR count). The molecule has 0 unspecified atom stereocenters. The molecule has 0 atom stereocenters. The van der Waals surface area contributed by atoms with Crippen LogP contribution in [0.4, 0.5) is 4.39 Å². The minimum absolute atomic E-state index is 0.302. The Labute approximate surface area is 114 Å². The zero-order valence-electron chi connectivity index (χ0n) is 9.11. The van der Waals surface area contributed by atoms with Crippen molar-refractivity contribution in [3.05, 3.63) is 69.9 Å². The number of halogens is 2. The van der Waals surface area contributed by atoms with Gasteiger partial charge < -0.3 is 0 Å². The smallest absolute Gasteiger partial charge is 0.142 e. The van der Waals surface area contributed by atoms with Crippen LogP contribution in [0.15, 0.2) is 58.5 Å². The molecule has 0 saturated heterocycles. The lowest BCUT2D eigenvalue weighted by molar-refractivity contribution is 0.620. The summed E-state index contributed by atoms with van der Waals surface area (Å²) >= 11 is 2.26. The van der Waals surface area contributed by atoms with Crippen LogP contribution >= 0.6 is 22.6 Å². The number of allylic oxidation sites excluding steroid dienone is 8. The monoisotopic (exact) mass is 339 g/mol. The maximum absolute atomic E-state index is 13.1. The Morgan fingerprint density at radius 2 is 2.06 bits per heavy atom. The van der Waals surface area contributed by atoms with Crippen LogP contribution in [0.2, 0.25) is 0 Å². The fourth-order valence-electron chi connectivity index (χ4n) is 1.53. The minimum Gasteiger partial charge on any atom is -0.261 e. The molecule has 1 aliphatic rings. The summed E-state index contributed by atoms with van der Waals surface area (Å²) in [5, 5.41) is 0. The van der Waals surface area contributed by atoms with Crippen LogP contribution in [-0.2, 0) is 0 Å². The summed E-state index contributed by atoms with van der Waals surface area (Å²) in [6.45, 7) is 0. The molecule has 1 aromatic heterocycles. The zero-order valence-corrected chi connectivity index (χ0v) is 11.3. The zero-order chi connectivity index (χ0) is 12.1. The molecule has 17 heavy (non-hydrogen) atoms. The number of hydrogen-bond donors (Lipinski definition) is 0. The molecule has 0 bridgehead atoms. The second kappa shape index (κ2) is 5.91. The molecule has 1 heterocycles. The predicted molar refractivity (Wildman–Crippen MR) is 77.2 cm³/mol. The average molecular weight is 339 g/mol. The van der Waals surface area contributed by atoms with Gasteiger partial charge in [0.1, 0.15) is 5.82 Å². The number of aromatic nitrogens is 1. The number of rotatable bonds is 1. The van der Waals surface area contributed by atoms with Crippen LogP contribution in [0.3, 0.4) is 0 Å². The molecule has 0 radical (unpaired) electrons.